The van der Waals surface area contributed by atoms with Gasteiger partial charge in [-0.25, -0.2) is 0 Å². The Hall–Kier alpha value is -1.11. The van der Waals surface area contributed by atoms with Crippen LogP contribution in [0.3, 0.4) is 0 Å². The molecule has 2 fully saturated rings. The lowest BCUT2D eigenvalue weighted by Crippen LogP contribution is -2.24. The van der Waals surface area contributed by atoms with Gasteiger partial charge in [-0.3, -0.25) is 4.79 Å². The van der Waals surface area contributed by atoms with Crippen LogP contribution in [0.1, 0.15) is 80.1 Å². The Labute approximate surface area is 122 Å². The molecule has 2 aliphatic rings. The van der Waals surface area contributed by atoms with Gasteiger partial charge in [0.25, 0.3) is 0 Å². The lowest BCUT2D eigenvalue weighted by molar-refractivity contribution is 0.0869. The highest BCUT2D eigenvalue weighted by atomic mass is 16.1. The van der Waals surface area contributed by atoms with E-state index in [0.717, 1.165) is 24.3 Å². The van der Waals surface area contributed by atoms with E-state index >= 15 is 0 Å². The van der Waals surface area contributed by atoms with Crippen molar-refractivity contribution in [1.82, 2.24) is 0 Å². The van der Waals surface area contributed by atoms with Crippen LogP contribution in [0.15, 0.2) is 24.3 Å². The zero-order valence-electron chi connectivity index (χ0n) is 12.6. The Balaban J connectivity index is 1.74. The predicted molar refractivity (Wildman–Crippen MR) is 83.1 cm³/mol. The lowest BCUT2D eigenvalue weighted by Gasteiger charge is -2.30. The maximum Gasteiger partial charge on any atom is 0.166 e. The molecule has 0 aromatic heterocycles. The molecule has 0 bridgehead atoms. The van der Waals surface area contributed by atoms with E-state index in [-0.39, 0.29) is 0 Å². The first kappa shape index (κ1) is 13.9. The first-order valence-electron chi connectivity index (χ1n) is 8.42. The Morgan fingerprint density at radius 1 is 1.05 bits per heavy atom. The fourth-order valence-electron chi connectivity index (χ4n) is 3.85. The third-order valence-corrected chi connectivity index (χ3v) is 5.57. The summed E-state index contributed by atoms with van der Waals surface area (Å²) in [4.78, 5) is 12.9. The number of carbonyl (C=O) groups is 1. The summed E-state index contributed by atoms with van der Waals surface area (Å²) >= 11 is 0. The van der Waals surface area contributed by atoms with Crippen molar-refractivity contribution < 1.29 is 4.79 Å². The molecule has 1 nitrogen and oxygen atoms in total. The predicted octanol–water partition coefficient (Wildman–Crippen LogP) is 5.35. The summed E-state index contributed by atoms with van der Waals surface area (Å²) < 4.78 is 0. The van der Waals surface area contributed by atoms with Gasteiger partial charge >= 0.3 is 0 Å². The molecule has 0 radical (unpaired) electrons. The van der Waals surface area contributed by atoms with Crippen molar-refractivity contribution in [3.63, 3.8) is 0 Å². The molecule has 3 rings (SSSR count). The van der Waals surface area contributed by atoms with Crippen LogP contribution in [0, 0.1) is 11.8 Å². The van der Waals surface area contributed by atoms with Crippen LogP contribution >= 0.6 is 0 Å². The molecular weight excluding hydrogens is 244 g/mol. The summed E-state index contributed by atoms with van der Waals surface area (Å²) in [5, 5.41) is 0. The molecule has 108 valence electrons. The molecule has 0 amide bonds. The number of Topliss-reactive ketones (excluding diaryl/α,β-unsaturated/α-hetero) is 1. The average molecular weight is 270 g/mol. The zero-order chi connectivity index (χ0) is 13.9. The minimum atomic E-state index is 0.291. The number of ketones is 1. The van der Waals surface area contributed by atoms with E-state index in [2.05, 4.69) is 25.1 Å². The quantitative estimate of drug-likeness (QED) is 0.674. The Bertz CT molecular complexity index is 464. The molecule has 1 aromatic rings. The van der Waals surface area contributed by atoms with Gasteiger partial charge in [0.1, 0.15) is 0 Å². The minimum Gasteiger partial charge on any atom is -0.294 e. The molecule has 0 saturated heterocycles. The average Bonchev–Trinajstić information content (AvgIpc) is 2.45. The number of rotatable bonds is 4. The fraction of sp³-hybridized carbons (Fsp3) is 0.632. The third kappa shape index (κ3) is 2.68. The van der Waals surface area contributed by atoms with Crippen LogP contribution in [-0.4, -0.2) is 5.78 Å². The molecule has 0 N–H and O–H groups in total. The Morgan fingerprint density at radius 3 is 2.35 bits per heavy atom. The minimum absolute atomic E-state index is 0.291. The lowest BCUT2D eigenvalue weighted by atomic mass is 9.74. The van der Waals surface area contributed by atoms with Gasteiger partial charge in [0.2, 0.25) is 0 Å². The summed E-state index contributed by atoms with van der Waals surface area (Å²) in [7, 11) is 0. The summed E-state index contributed by atoms with van der Waals surface area (Å²) in [6.07, 6.45) is 9.86. The van der Waals surface area contributed by atoms with Crippen molar-refractivity contribution in [3.8, 4) is 0 Å². The molecule has 2 saturated carbocycles. The first-order valence-corrected chi connectivity index (χ1v) is 8.42. The summed E-state index contributed by atoms with van der Waals surface area (Å²) in [5.41, 5.74) is 2.37. The van der Waals surface area contributed by atoms with E-state index in [1.54, 1.807) is 0 Å². The highest BCUT2D eigenvalue weighted by molar-refractivity contribution is 5.99. The van der Waals surface area contributed by atoms with Crippen LogP contribution in [0.4, 0.5) is 0 Å². The van der Waals surface area contributed by atoms with Crippen LogP contribution < -0.4 is 0 Å². The number of hydrogen-bond donors (Lipinski definition) is 0. The summed E-state index contributed by atoms with van der Waals surface area (Å²) in [5.74, 6) is 2.24. The van der Waals surface area contributed by atoms with E-state index < -0.39 is 0 Å². The summed E-state index contributed by atoms with van der Waals surface area (Å²) in [6.45, 7) is 2.28. The van der Waals surface area contributed by atoms with E-state index in [4.69, 9.17) is 0 Å². The number of carbonyl (C=O) groups excluding carboxylic acids is 1. The molecule has 0 spiro atoms. The van der Waals surface area contributed by atoms with Gasteiger partial charge in [0, 0.05) is 11.5 Å². The van der Waals surface area contributed by atoms with Gasteiger partial charge in [-0.2, -0.15) is 0 Å². The van der Waals surface area contributed by atoms with Crippen LogP contribution in [-0.2, 0) is 0 Å². The molecule has 1 heteroatoms. The Kier molecular flexibility index (Phi) is 4.24. The second-order valence-electron chi connectivity index (χ2n) is 6.71. The third-order valence-electron chi connectivity index (χ3n) is 5.57. The monoisotopic (exact) mass is 270 g/mol. The van der Waals surface area contributed by atoms with E-state index in [1.807, 2.05) is 6.07 Å². The Morgan fingerprint density at radius 2 is 1.75 bits per heavy atom. The second kappa shape index (κ2) is 6.11. The van der Waals surface area contributed by atoms with Crippen molar-refractivity contribution >= 4 is 5.78 Å². The van der Waals surface area contributed by atoms with Crippen molar-refractivity contribution in [2.75, 3.05) is 0 Å². The van der Waals surface area contributed by atoms with Gasteiger partial charge in [-0.1, -0.05) is 44.0 Å². The van der Waals surface area contributed by atoms with Crippen molar-refractivity contribution in [3.05, 3.63) is 35.4 Å². The molecule has 0 heterocycles. The van der Waals surface area contributed by atoms with E-state index in [1.165, 1.54) is 44.1 Å². The highest BCUT2D eigenvalue weighted by Gasteiger charge is 2.30. The molecule has 20 heavy (non-hydrogen) atoms. The largest absolute Gasteiger partial charge is 0.294 e. The molecule has 0 aliphatic heterocycles. The molecule has 1 aromatic carbocycles. The number of hydrogen-bond acceptors (Lipinski definition) is 1. The van der Waals surface area contributed by atoms with Crippen LogP contribution in [0.5, 0.6) is 0 Å². The van der Waals surface area contributed by atoms with Gasteiger partial charge in [-0.15, -0.1) is 0 Å². The van der Waals surface area contributed by atoms with Gasteiger partial charge < -0.3 is 0 Å². The number of benzene rings is 1. The van der Waals surface area contributed by atoms with Crippen LogP contribution in [0.2, 0.25) is 0 Å². The van der Waals surface area contributed by atoms with Crippen molar-refractivity contribution in [1.29, 1.82) is 0 Å². The topological polar surface area (TPSA) is 17.1 Å². The van der Waals surface area contributed by atoms with Crippen molar-refractivity contribution in [2.45, 2.75) is 64.2 Å². The van der Waals surface area contributed by atoms with Gasteiger partial charge in [0.15, 0.2) is 5.78 Å². The van der Waals surface area contributed by atoms with E-state index in [9.17, 15) is 4.79 Å². The van der Waals surface area contributed by atoms with Gasteiger partial charge in [-0.05, 0) is 55.9 Å². The molecule has 2 aliphatic carbocycles. The second-order valence-corrected chi connectivity index (χ2v) is 6.71. The molecule has 0 atom stereocenters. The maximum atomic E-state index is 12.9. The standard InChI is InChI=1S/C19H26O/c1-2-14-10-12-16(13-11-14)19(20)18-9-4-3-8-17(18)15-6-5-7-15/h3-4,8-9,14-16H,2,5-7,10-13H2,1H3. The van der Waals surface area contributed by atoms with E-state index in [0.29, 0.717) is 17.6 Å². The maximum absolute atomic E-state index is 12.9. The highest BCUT2D eigenvalue weighted by Crippen LogP contribution is 2.40. The van der Waals surface area contributed by atoms with Crippen LogP contribution in [0.25, 0.3) is 0 Å². The SMILES string of the molecule is CCC1CCC(C(=O)c2ccccc2C2CCC2)CC1. The smallest absolute Gasteiger partial charge is 0.166 e. The summed E-state index contributed by atoms with van der Waals surface area (Å²) in [6, 6.07) is 8.39. The fourth-order valence-corrected chi connectivity index (χ4v) is 3.85. The van der Waals surface area contributed by atoms with Crippen molar-refractivity contribution in [2.24, 2.45) is 11.8 Å². The normalized spacial score (nSPS) is 27.1. The first-order chi connectivity index (χ1) is 9.79. The zero-order valence-corrected chi connectivity index (χ0v) is 12.6. The molecular formula is C19H26O. The van der Waals surface area contributed by atoms with Gasteiger partial charge in [0.05, 0.1) is 0 Å². The molecule has 0 unspecified atom stereocenters.